The topological polar surface area (TPSA) is 62.2 Å². The van der Waals surface area contributed by atoms with Gasteiger partial charge in [0.15, 0.2) is 0 Å². The highest BCUT2D eigenvalue weighted by molar-refractivity contribution is 5.79. The minimum atomic E-state index is -0.729. The molecule has 1 aliphatic carbocycles. The number of carbonyl (C=O) groups is 1. The average molecular weight is 206 g/mol. The second-order valence-corrected chi connectivity index (χ2v) is 3.94. The van der Waals surface area contributed by atoms with Crippen molar-refractivity contribution in [1.29, 1.82) is 0 Å². The average Bonchev–Trinajstić information content (AvgIpc) is 3.02. The van der Waals surface area contributed by atoms with Crippen LogP contribution in [0.1, 0.15) is 24.6 Å². The molecule has 1 unspecified atom stereocenters. The lowest BCUT2D eigenvalue weighted by molar-refractivity contribution is -0.144. The fraction of sp³-hybridized carbons (Fsp3) is 0.455. The van der Waals surface area contributed by atoms with Crippen molar-refractivity contribution < 1.29 is 9.90 Å². The molecular weight excluding hydrogens is 192 g/mol. The highest BCUT2D eigenvalue weighted by atomic mass is 16.4. The van der Waals surface area contributed by atoms with E-state index in [1.54, 1.807) is 13.2 Å². The molecular formula is C11H14N2O2. The number of aromatic nitrogens is 1. The maximum atomic E-state index is 11.2. The maximum Gasteiger partial charge on any atom is 0.311 e. The van der Waals surface area contributed by atoms with Gasteiger partial charge in [0.05, 0.1) is 17.2 Å². The highest BCUT2D eigenvalue weighted by Gasteiger charge is 2.56. The van der Waals surface area contributed by atoms with Crippen molar-refractivity contribution in [3.8, 4) is 0 Å². The van der Waals surface area contributed by atoms with Crippen molar-refractivity contribution in [2.24, 2.45) is 5.41 Å². The van der Waals surface area contributed by atoms with Crippen molar-refractivity contribution in [3.05, 3.63) is 30.1 Å². The minimum absolute atomic E-state index is 0.184. The van der Waals surface area contributed by atoms with Gasteiger partial charge in [-0.25, -0.2) is 0 Å². The molecule has 0 aromatic carbocycles. The van der Waals surface area contributed by atoms with Crippen LogP contribution in [0.5, 0.6) is 0 Å². The van der Waals surface area contributed by atoms with Crippen molar-refractivity contribution >= 4 is 5.97 Å². The molecule has 4 heteroatoms. The number of rotatable bonds is 4. The van der Waals surface area contributed by atoms with Gasteiger partial charge >= 0.3 is 5.97 Å². The Hall–Kier alpha value is -1.42. The maximum absolute atomic E-state index is 11.2. The van der Waals surface area contributed by atoms with Crippen LogP contribution in [0.3, 0.4) is 0 Å². The van der Waals surface area contributed by atoms with E-state index in [1.165, 1.54) is 0 Å². The number of carboxylic acid groups (broad SMARTS) is 1. The summed E-state index contributed by atoms with van der Waals surface area (Å²) in [5.74, 6) is -0.729. The molecule has 0 aliphatic heterocycles. The SMILES string of the molecule is CNC(c1ccccn1)C1(C(=O)O)CC1. The van der Waals surface area contributed by atoms with Gasteiger partial charge in [-0.15, -0.1) is 0 Å². The molecule has 0 radical (unpaired) electrons. The molecule has 0 amide bonds. The van der Waals surface area contributed by atoms with E-state index in [4.69, 9.17) is 0 Å². The number of hydrogen-bond donors (Lipinski definition) is 2. The van der Waals surface area contributed by atoms with E-state index in [2.05, 4.69) is 10.3 Å². The van der Waals surface area contributed by atoms with Crippen molar-refractivity contribution in [2.75, 3.05) is 7.05 Å². The molecule has 1 saturated carbocycles. The molecule has 1 fully saturated rings. The van der Waals surface area contributed by atoms with Crippen LogP contribution in [0.15, 0.2) is 24.4 Å². The minimum Gasteiger partial charge on any atom is -0.481 e. The summed E-state index contributed by atoms with van der Waals surface area (Å²) in [6, 6.07) is 5.39. The summed E-state index contributed by atoms with van der Waals surface area (Å²) in [6.07, 6.45) is 3.15. The lowest BCUT2D eigenvalue weighted by Gasteiger charge is -2.22. The van der Waals surface area contributed by atoms with Gasteiger partial charge in [-0.3, -0.25) is 9.78 Å². The van der Waals surface area contributed by atoms with E-state index in [1.807, 2.05) is 18.2 Å². The van der Waals surface area contributed by atoms with Gasteiger partial charge in [0.25, 0.3) is 0 Å². The molecule has 0 saturated heterocycles. The molecule has 1 aromatic heterocycles. The van der Waals surface area contributed by atoms with Crippen molar-refractivity contribution in [3.63, 3.8) is 0 Å². The van der Waals surface area contributed by atoms with E-state index < -0.39 is 11.4 Å². The Morgan fingerprint density at radius 3 is 2.73 bits per heavy atom. The lowest BCUT2D eigenvalue weighted by Crippen LogP contribution is -2.33. The Morgan fingerprint density at radius 1 is 1.60 bits per heavy atom. The van der Waals surface area contributed by atoms with Crippen LogP contribution in [0.25, 0.3) is 0 Å². The number of nitrogens with zero attached hydrogens (tertiary/aromatic N) is 1. The standard InChI is InChI=1S/C11H14N2O2/c1-12-9(8-4-2-3-7-13-8)11(5-6-11)10(14)15/h2-4,7,9,12H,5-6H2,1H3,(H,14,15). The summed E-state index contributed by atoms with van der Waals surface area (Å²) < 4.78 is 0. The molecule has 1 aromatic rings. The summed E-state index contributed by atoms with van der Waals surface area (Å²) in [6.45, 7) is 0. The van der Waals surface area contributed by atoms with E-state index >= 15 is 0 Å². The zero-order chi connectivity index (χ0) is 10.9. The van der Waals surface area contributed by atoms with Crippen LogP contribution in [0, 0.1) is 5.41 Å². The summed E-state index contributed by atoms with van der Waals surface area (Å²) in [7, 11) is 1.78. The Bertz CT molecular complexity index is 360. The second kappa shape index (κ2) is 3.62. The van der Waals surface area contributed by atoms with Crippen molar-refractivity contribution in [2.45, 2.75) is 18.9 Å². The lowest BCUT2D eigenvalue weighted by atomic mass is 9.93. The third kappa shape index (κ3) is 1.61. The predicted octanol–water partition coefficient (Wildman–Crippen LogP) is 1.21. The molecule has 2 N–H and O–H groups in total. The number of nitrogens with one attached hydrogen (secondary N) is 1. The number of pyridine rings is 1. The molecule has 15 heavy (non-hydrogen) atoms. The Labute approximate surface area is 88.3 Å². The molecule has 1 aliphatic rings. The molecule has 80 valence electrons. The monoisotopic (exact) mass is 206 g/mol. The molecule has 0 bridgehead atoms. The van der Waals surface area contributed by atoms with Crippen LogP contribution in [0.2, 0.25) is 0 Å². The summed E-state index contributed by atoms with van der Waals surface area (Å²) >= 11 is 0. The van der Waals surface area contributed by atoms with Gasteiger partial charge in [0.2, 0.25) is 0 Å². The second-order valence-electron chi connectivity index (χ2n) is 3.94. The molecule has 1 heterocycles. The zero-order valence-electron chi connectivity index (χ0n) is 8.60. The van der Waals surface area contributed by atoms with E-state index in [9.17, 15) is 9.90 Å². The van der Waals surface area contributed by atoms with Crippen LogP contribution < -0.4 is 5.32 Å². The van der Waals surface area contributed by atoms with Gasteiger partial charge in [-0.05, 0) is 32.0 Å². The fourth-order valence-corrected chi connectivity index (χ4v) is 2.01. The van der Waals surface area contributed by atoms with Gasteiger partial charge in [-0.1, -0.05) is 6.07 Å². The molecule has 0 spiro atoms. The first-order chi connectivity index (χ1) is 7.20. The number of hydrogen-bond acceptors (Lipinski definition) is 3. The Balaban J connectivity index is 2.30. The first-order valence-electron chi connectivity index (χ1n) is 5.02. The largest absolute Gasteiger partial charge is 0.481 e. The van der Waals surface area contributed by atoms with Crippen LogP contribution >= 0.6 is 0 Å². The van der Waals surface area contributed by atoms with E-state index in [-0.39, 0.29) is 6.04 Å². The van der Waals surface area contributed by atoms with Gasteiger partial charge < -0.3 is 10.4 Å². The predicted molar refractivity (Wildman–Crippen MR) is 55.3 cm³/mol. The smallest absolute Gasteiger partial charge is 0.311 e. The van der Waals surface area contributed by atoms with Crippen LogP contribution in [0.4, 0.5) is 0 Å². The summed E-state index contributed by atoms with van der Waals surface area (Å²) in [5, 5.41) is 12.3. The zero-order valence-corrected chi connectivity index (χ0v) is 8.60. The third-order valence-corrected chi connectivity index (χ3v) is 3.04. The molecule has 1 atom stereocenters. The summed E-state index contributed by atoms with van der Waals surface area (Å²) in [5.41, 5.74) is 0.170. The van der Waals surface area contributed by atoms with Gasteiger partial charge in [-0.2, -0.15) is 0 Å². The first-order valence-corrected chi connectivity index (χ1v) is 5.02. The Kier molecular flexibility index (Phi) is 2.44. The van der Waals surface area contributed by atoms with E-state index in [0.29, 0.717) is 0 Å². The number of aliphatic carboxylic acids is 1. The summed E-state index contributed by atoms with van der Waals surface area (Å²) in [4.78, 5) is 15.4. The number of carboxylic acids is 1. The quantitative estimate of drug-likeness (QED) is 0.777. The van der Waals surface area contributed by atoms with Crippen LogP contribution in [-0.2, 0) is 4.79 Å². The Morgan fingerprint density at radius 2 is 2.33 bits per heavy atom. The fourth-order valence-electron chi connectivity index (χ4n) is 2.01. The van der Waals surface area contributed by atoms with E-state index in [0.717, 1.165) is 18.5 Å². The highest BCUT2D eigenvalue weighted by Crippen LogP contribution is 2.54. The van der Waals surface area contributed by atoms with Gasteiger partial charge in [0.1, 0.15) is 0 Å². The normalized spacial score (nSPS) is 19.5. The molecule has 4 nitrogen and oxygen atoms in total. The first kappa shape index (κ1) is 10.1. The van der Waals surface area contributed by atoms with Gasteiger partial charge in [0, 0.05) is 6.20 Å². The molecule has 2 rings (SSSR count). The van der Waals surface area contributed by atoms with Crippen molar-refractivity contribution in [1.82, 2.24) is 10.3 Å². The third-order valence-electron chi connectivity index (χ3n) is 3.04. The van der Waals surface area contributed by atoms with Crippen LogP contribution in [-0.4, -0.2) is 23.1 Å².